The average Bonchev–Trinajstić information content (AvgIpc) is 2.55. The molecule has 1 amide bonds. The average molecular weight is 269 g/mol. The molecule has 1 N–H and O–H groups in total. The molecule has 2 atom stereocenters. The summed E-state index contributed by atoms with van der Waals surface area (Å²) >= 11 is 0. The summed E-state index contributed by atoms with van der Waals surface area (Å²) < 4.78 is 0. The minimum atomic E-state index is -0.0125. The fourth-order valence-electron chi connectivity index (χ4n) is 2.91. The van der Waals surface area contributed by atoms with Crippen LogP contribution in [-0.2, 0) is 4.79 Å². The van der Waals surface area contributed by atoms with Gasteiger partial charge in [0.25, 0.3) is 0 Å². The molecule has 112 valence electrons. The van der Waals surface area contributed by atoms with Gasteiger partial charge in [0.2, 0.25) is 5.91 Å². The molecule has 0 bridgehead atoms. The minimum absolute atomic E-state index is 0.0125. The fourth-order valence-corrected chi connectivity index (χ4v) is 2.91. The molecule has 0 saturated carbocycles. The molecule has 0 radical (unpaired) electrons. The van der Waals surface area contributed by atoms with Crippen LogP contribution in [0.1, 0.15) is 48.5 Å². The van der Waals surface area contributed by atoms with Gasteiger partial charge < -0.3 is 4.90 Å². The molecule has 0 aromatic carbocycles. The predicted molar refractivity (Wildman–Crippen MR) is 79.9 cm³/mol. The van der Waals surface area contributed by atoms with Crippen LogP contribution in [0.15, 0.2) is 0 Å². The first-order chi connectivity index (χ1) is 8.75. The van der Waals surface area contributed by atoms with Crippen LogP contribution in [0.5, 0.6) is 0 Å². The van der Waals surface area contributed by atoms with Crippen LogP contribution in [0.2, 0.25) is 0 Å². The third kappa shape index (κ3) is 3.93. The first-order valence-corrected chi connectivity index (χ1v) is 7.58. The Labute approximate surface area is 118 Å². The summed E-state index contributed by atoms with van der Waals surface area (Å²) in [4.78, 5) is 16.8. The first kappa shape index (κ1) is 16.4. The fraction of sp³-hybridized carbons (Fsp3) is 0.933. The Morgan fingerprint density at radius 2 is 1.68 bits per heavy atom. The molecule has 2 unspecified atom stereocenters. The summed E-state index contributed by atoms with van der Waals surface area (Å²) in [5, 5.41) is 3.39. The molecule has 19 heavy (non-hydrogen) atoms. The summed E-state index contributed by atoms with van der Waals surface area (Å²) in [6.45, 7) is 16.9. The third-order valence-corrected chi connectivity index (χ3v) is 4.03. The molecule has 0 aromatic rings. The lowest BCUT2D eigenvalue weighted by Crippen LogP contribution is -2.45. The van der Waals surface area contributed by atoms with Gasteiger partial charge in [-0.3, -0.25) is 15.0 Å². The van der Waals surface area contributed by atoms with Crippen LogP contribution in [-0.4, -0.2) is 53.1 Å². The second-order valence-corrected chi connectivity index (χ2v) is 6.52. The highest BCUT2D eigenvalue weighted by Gasteiger charge is 2.37. The SMILES string of the molecule is CC(C)C1NC(C)N(CCN(C(C)C)C(C)C)C1=O. The molecular weight excluding hydrogens is 238 g/mol. The van der Waals surface area contributed by atoms with Crippen molar-refractivity contribution in [2.24, 2.45) is 5.92 Å². The van der Waals surface area contributed by atoms with E-state index in [2.05, 4.69) is 58.7 Å². The van der Waals surface area contributed by atoms with E-state index < -0.39 is 0 Å². The summed E-state index contributed by atoms with van der Waals surface area (Å²) in [7, 11) is 0. The zero-order chi connectivity index (χ0) is 14.7. The number of carbonyl (C=O) groups is 1. The quantitative estimate of drug-likeness (QED) is 0.800. The zero-order valence-electron chi connectivity index (χ0n) is 13.6. The maximum absolute atomic E-state index is 12.4. The molecule has 1 rings (SSSR count). The summed E-state index contributed by atoms with van der Waals surface area (Å²) in [6, 6.07) is 1.02. The Morgan fingerprint density at radius 3 is 2.05 bits per heavy atom. The molecule has 1 heterocycles. The van der Waals surface area contributed by atoms with Crippen LogP contribution < -0.4 is 5.32 Å². The van der Waals surface area contributed by atoms with E-state index in [0.717, 1.165) is 13.1 Å². The molecule has 1 aliphatic rings. The van der Waals surface area contributed by atoms with E-state index in [1.807, 2.05) is 4.90 Å². The molecule has 1 aliphatic heterocycles. The molecule has 4 heteroatoms. The van der Waals surface area contributed by atoms with E-state index in [4.69, 9.17) is 0 Å². The van der Waals surface area contributed by atoms with Crippen LogP contribution in [0.4, 0.5) is 0 Å². The number of nitrogens with one attached hydrogen (secondary N) is 1. The number of carbonyl (C=O) groups excluding carboxylic acids is 1. The van der Waals surface area contributed by atoms with Gasteiger partial charge in [-0.2, -0.15) is 0 Å². The van der Waals surface area contributed by atoms with Gasteiger partial charge in [-0.25, -0.2) is 0 Å². The standard InChI is InChI=1S/C15H31N3O/c1-10(2)14-15(19)18(13(7)16-14)9-8-17(11(3)4)12(5)6/h10-14,16H,8-9H2,1-7H3. The van der Waals surface area contributed by atoms with Gasteiger partial charge in [0.05, 0.1) is 12.2 Å². The van der Waals surface area contributed by atoms with Gasteiger partial charge in [0.15, 0.2) is 0 Å². The van der Waals surface area contributed by atoms with Gasteiger partial charge in [-0.15, -0.1) is 0 Å². The zero-order valence-corrected chi connectivity index (χ0v) is 13.6. The summed E-state index contributed by atoms with van der Waals surface area (Å²) in [5.41, 5.74) is 0. The van der Waals surface area contributed by atoms with Crippen molar-refractivity contribution in [3.63, 3.8) is 0 Å². The number of amides is 1. The molecule has 1 saturated heterocycles. The Morgan fingerprint density at radius 1 is 1.16 bits per heavy atom. The summed E-state index contributed by atoms with van der Waals surface area (Å²) in [5.74, 6) is 0.612. The topological polar surface area (TPSA) is 35.6 Å². The van der Waals surface area contributed by atoms with E-state index in [1.165, 1.54) is 0 Å². The van der Waals surface area contributed by atoms with Crippen LogP contribution in [0.3, 0.4) is 0 Å². The number of nitrogens with zero attached hydrogens (tertiary/aromatic N) is 2. The smallest absolute Gasteiger partial charge is 0.241 e. The molecule has 0 aromatic heterocycles. The lowest BCUT2D eigenvalue weighted by atomic mass is 10.1. The van der Waals surface area contributed by atoms with Crippen LogP contribution >= 0.6 is 0 Å². The van der Waals surface area contributed by atoms with E-state index in [0.29, 0.717) is 18.0 Å². The molecule has 1 fully saturated rings. The van der Waals surface area contributed by atoms with Gasteiger partial charge in [0.1, 0.15) is 0 Å². The van der Waals surface area contributed by atoms with E-state index >= 15 is 0 Å². The van der Waals surface area contributed by atoms with Crippen molar-refractivity contribution in [3.8, 4) is 0 Å². The maximum atomic E-state index is 12.4. The highest BCUT2D eigenvalue weighted by molar-refractivity contribution is 5.84. The first-order valence-electron chi connectivity index (χ1n) is 7.58. The Hall–Kier alpha value is -0.610. The van der Waals surface area contributed by atoms with Gasteiger partial charge in [-0.05, 0) is 40.5 Å². The van der Waals surface area contributed by atoms with Crippen LogP contribution in [0.25, 0.3) is 0 Å². The van der Waals surface area contributed by atoms with Crippen molar-refractivity contribution >= 4 is 5.91 Å². The van der Waals surface area contributed by atoms with Crippen molar-refractivity contribution in [1.82, 2.24) is 15.1 Å². The van der Waals surface area contributed by atoms with E-state index in [-0.39, 0.29) is 18.1 Å². The lowest BCUT2D eigenvalue weighted by Gasteiger charge is -2.33. The maximum Gasteiger partial charge on any atom is 0.241 e. The largest absolute Gasteiger partial charge is 0.325 e. The molecule has 4 nitrogen and oxygen atoms in total. The normalized spacial score (nSPS) is 24.6. The third-order valence-electron chi connectivity index (χ3n) is 4.03. The van der Waals surface area contributed by atoms with Gasteiger partial charge in [0, 0.05) is 25.2 Å². The monoisotopic (exact) mass is 269 g/mol. The van der Waals surface area contributed by atoms with Crippen molar-refractivity contribution in [1.29, 1.82) is 0 Å². The lowest BCUT2D eigenvalue weighted by molar-refractivity contribution is -0.130. The minimum Gasteiger partial charge on any atom is -0.325 e. The van der Waals surface area contributed by atoms with Crippen LogP contribution in [0, 0.1) is 5.92 Å². The van der Waals surface area contributed by atoms with Gasteiger partial charge >= 0.3 is 0 Å². The molecule has 0 spiro atoms. The Kier molecular flexibility index (Phi) is 5.81. The highest BCUT2D eigenvalue weighted by atomic mass is 16.2. The second-order valence-electron chi connectivity index (χ2n) is 6.52. The van der Waals surface area contributed by atoms with Crippen molar-refractivity contribution in [2.45, 2.75) is 72.8 Å². The van der Waals surface area contributed by atoms with Crippen molar-refractivity contribution in [2.75, 3.05) is 13.1 Å². The number of hydrogen-bond acceptors (Lipinski definition) is 3. The highest BCUT2D eigenvalue weighted by Crippen LogP contribution is 2.17. The number of hydrogen-bond donors (Lipinski definition) is 1. The Balaban J connectivity index is 2.60. The van der Waals surface area contributed by atoms with E-state index in [9.17, 15) is 4.79 Å². The predicted octanol–water partition coefficient (Wildman–Crippen LogP) is 1.91. The summed E-state index contributed by atoms with van der Waals surface area (Å²) in [6.07, 6.45) is 0.154. The Bertz CT molecular complexity index is 294. The second kappa shape index (κ2) is 6.71. The number of rotatable bonds is 6. The van der Waals surface area contributed by atoms with Crippen molar-refractivity contribution in [3.05, 3.63) is 0 Å². The molecular formula is C15H31N3O. The molecule has 0 aliphatic carbocycles. The van der Waals surface area contributed by atoms with Gasteiger partial charge in [-0.1, -0.05) is 13.8 Å². The van der Waals surface area contributed by atoms with Crippen molar-refractivity contribution < 1.29 is 4.79 Å². The van der Waals surface area contributed by atoms with E-state index in [1.54, 1.807) is 0 Å².